The first-order chi connectivity index (χ1) is 30.7. The molecule has 0 saturated carbocycles. The highest BCUT2D eigenvalue weighted by molar-refractivity contribution is 7.25. The van der Waals surface area contributed by atoms with E-state index >= 15 is 0 Å². The normalized spacial score (nSPS) is 15.7. The number of hydrogen-bond acceptors (Lipinski definition) is 2. The summed E-state index contributed by atoms with van der Waals surface area (Å²) in [5.41, 5.74) is 24.8. The summed E-state index contributed by atoms with van der Waals surface area (Å²) in [6.07, 6.45) is 0. The van der Waals surface area contributed by atoms with Crippen LogP contribution in [0.4, 0.5) is 17.1 Å². The number of rotatable bonds is 3. The second kappa shape index (κ2) is 12.1. The molecule has 4 aliphatic rings. The van der Waals surface area contributed by atoms with E-state index < -0.39 is 0 Å². The molecule has 0 atom stereocenters. The van der Waals surface area contributed by atoms with Gasteiger partial charge in [-0.05, 0) is 138 Å². The van der Waals surface area contributed by atoms with E-state index in [0.717, 1.165) is 0 Å². The van der Waals surface area contributed by atoms with Crippen molar-refractivity contribution < 1.29 is 0 Å². The van der Waals surface area contributed by atoms with Gasteiger partial charge in [0.05, 0.1) is 5.41 Å². The van der Waals surface area contributed by atoms with Crippen LogP contribution in [0.5, 0.6) is 0 Å². The molecular weight excluding hydrogens is 779 g/mol. The zero-order valence-electron chi connectivity index (χ0n) is 35.8. The molecule has 0 radical (unpaired) electrons. The van der Waals surface area contributed by atoms with Gasteiger partial charge in [0.15, 0.2) is 0 Å². The average molecular weight is 822 g/mol. The minimum Gasteiger partial charge on any atom is -0.310 e. The third-order valence-corrected chi connectivity index (χ3v) is 16.6. The molecule has 298 valence electrons. The molecule has 0 aliphatic heterocycles. The zero-order chi connectivity index (χ0) is 42.0. The Morgan fingerprint density at radius 2 is 0.683 bits per heavy atom. The predicted molar refractivity (Wildman–Crippen MR) is 265 cm³/mol. The van der Waals surface area contributed by atoms with Crippen LogP contribution in [0.3, 0.4) is 0 Å². The summed E-state index contributed by atoms with van der Waals surface area (Å²) in [6, 6.07) is 71.9. The van der Waals surface area contributed by atoms with Crippen LogP contribution in [0.15, 0.2) is 188 Å². The van der Waals surface area contributed by atoms with Crippen molar-refractivity contribution in [3.8, 4) is 44.5 Å². The minimum absolute atomic E-state index is 0.110. The van der Waals surface area contributed by atoms with Crippen molar-refractivity contribution in [3.05, 3.63) is 233 Å². The molecule has 63 heavy (non-hydrogen) atoms. The molecule has 2 heteroatoms. The molecule has 1 nitrogen and oxygen atoms in total. The summed E-state index contributed by atoms with van der Waals surface area (Å²) in [6.45, 7) is 9.53. The van der Waals surface area contributed by atoms with Crippen molar-refractivity contribution in [2.24, 2.45) is 0 Å². The van der Waals surface area contributed by atoms with E-state index in [0.29, 0.717) is 0 Å². The van der Waals surface area contributed by atoms with Gasteiger partial charge >= 0.3 is 0 Å². The Labute approximate surface area is 372 Å². The first-order valence-electron chi connectivity index (χ1n) is 22.3. The van der Waals surface area contributed by atoms with Gasteiger partial charge in [0.1, 0.15) is 0 Å². The fraction of sp³-hybridized carbons (Fsp3) is 0.115. The third kappa shape index (κ3) is 4.42. The van der Waals surface area contributed by atoms with Crippen molar-refractivity contribution in [1.82, 2.24) is 0 Å². The number of hydrogen-bond donors (Lipinski definition) is 0. The van der Waals surface area contributed by atoms with E-state index in [1.807, 2.05) is 11.3 Å². The Bertz CT molecular complexity index is 3500. The maximum Gasteiger partial charge on any atom is 0.0725 e. The summed E-state index contributed by atoms with van der Waals surface area (Å²) < 4.78 is 2.63. The summed E-state index contributed by atoms with van der Waals surface area (Å²) in [7, 11) is 0. The molecular formula is C61H43NS. The molecule has 1 heterocycles. The van der Waals surface area contributed by atoms with Gasteiger partial charge in [0.25, 0.3) is 0 Å². The summed E-state index contributed by atoms with van der Waals surface area (Å²) in [5.74, 6) is 0. The lowest BCUT2D eigenvalue weighted by Gasteiger charge is -2.30. The molecule has 0 fully saturated rings. The Kier molecular flexibility index (Phi) is 6.85. The van der Waals surface area contributed by atoms with E-state index in [-0.39, 0.29) is 16.2 Å². The van der Waals surface area contributed by atoms with E-state index in [1.54, 1.807) is 0 Å². The summed E-state index contributed by atoms with van der Waals surface area (Å²) >= 11 is 1.92. The van der Waals surface area contributed by atoms with Crippen LogP contribution in [0.1, 0.15) is 72.2 Å². The molecule has 9 aromatic carbocycles. The molecule has 4 aliphatic carbocycles. The average Bonchev–Trinajstić information content (AvgIpc) is 4.04. The van der Waals surface area contributed by atoms with E-state index in [9.17, 15) is 0 Å². The molecule has 0 N–H and O–H groups in total. The van der Waals surface area contributed by atoms with Crippen LogP contribution in [0, 0.1) is 0 Å². The van der Waals surface area contributed by atoms with E-state index in [2.05, 4.69) is 221 Å². The van der Waals surface area contributed by atoms with Gasteiger partial charge in [0, 0.05) is 48.1 Å². The van der Waals surface area contributed by atoms with Crippen LogP contribution in [-0.2, 0) is 16.2 Å². The van der Waals surface area contributed by atoms with Gasteiger partial charge in [-0.15, -0.1) is 11.3 Å². The summed E-state index contributed by atoms with van der Waals surface area (Å²) in [5, 5.41) is 2.64. The smallest absolute Gasteiger partial charge is 0.0725 e. The Hall–Kier alpha value is -7.00. The fourth-order valence-corrected chi connectivity index (χ4v) is 13.8. The van der Waals surface area contributed by atoms with Crippen molar-refractivity contribution in [1.29, 1.82) is 0 Å². The van der Waals surface area contributed by atoms with Gasteiger partial charge < -0.3 is 4.90 Å². The van der Waals surface area contributed by atoms with Crippen molar-refractivity contribution in [3.63, 3.8) is 0 Å². The lowest BCUT2D eigenvalue weighted by atomic mass is 9.70. The third-order valence-electron chi connectivity index (χ3n) is 15.5. The molecule has 1 aromatic heterocycles. The van der Waals surface area contributed by atoms with E-state index in [4.69, 9.17) is 0 Å². The number of benzene rings is 9. The molecule has 1 spiro atoms. The highest BCUT2D eigenvalue weighted by Gasteiger charge is 2.51. The molecule has 0 saturated heterocycles. The topological polar surface area (TPSA) is 3.24 Å². The SMILES string of the molecule is CC1(C)c2ccccc2-c2ccc(N(c3ccc4c(c3)C(C)(C)c3ccccc3-4)c3ccc4c(c3)sc3cc5c(cc34)C3(c4ccccc4-c4ccccc43)c3ccccc3-5)cc21. The highest BCUT2D eigenvalue weighted by Crippen LogP contribution is 2.64. The van der Waals surface area contributed by atoms with Gasteiger partial charge in [-0.3, -0.25) is 0 Å². The van der Waals surface area contributed by atoms with Crippen LogP contribution in [0.2, 0.25) is 0 Å². The van der Waals surface area contributed by atoms with Crippen molar-refractivity contribution in [2.75, 3.05) is 4.90 Å². The number of nitrogens with zero attached hydrogens (tertiary/aromatic N) is 1. The lowest BCUT2D eigenvalue weighted by molar-refractivity contribution is 0.660. The largest absolute Gasteiger partial charge is 0.310 e. The minimum atomic E-state index is -0.361. The van der Waals surface area contributed by atoms with Gasteiger partial charge in [-0.2, -0.15) is 0 Å². The number of fused-ring (bicyclic) bond motifs is 19. The predicted octanol–water partition coefficient (Wildman–Crippen LogP) is 16.5. The van der Waals surface area contributed by atoms with Gasteiger partial charge in [-0.1, -0.05) is 167 Å². The maximum absolute atomic E-state index is 2.56. The first-order valence-corrected chi connectivity index (χ1v) is 23.2. The van der Waals surface area contributed by atoms with Crippen LogP contribution < -0.4 is 4.90 Å². The van der Waals surface area contributed by atoms with Crippen molar-refractivity contribution in [2.45, 2.75) is 43.9 Å². The molecule has 0 unspecified atom stereocenters. The molecule has 0 amide bonds. The van der Waals surface area contributed by atoms with Crippen LogP contribution >= 0.6 is 11.3 Å². The van der Waals surface area contributed by atoms with Gasteiger partial charge in [-0.25, -0.2) is 0 Å². The Morgan fingerprint density at radius 3 is 1.19 bits per heavy atom. The van der Waals surface area contributed by atoms with Gasteiger partial charge in [0.2, 0.25) is 0 Å². The van der Waals surface area contributed by atoms with Crippen LogP contribution in [0.25, 0.3) is 64.7 Å². The zero-order valence-corrected chi connectivity index (χ0v) is 36.6. The molecule has 14 rings (SSSR count). The quantitative estimate of drug-likeness (QED) is 0.172. The van der Waals surface area contributed by atoms with Crippen LogP contribution in [-0.4, -0.2) is 0 Å². The number of thiophene rings is 1. The highest BCUT2D eigenvalue weighted by atomic mass is 32.1. The lowest BCUT2D eigenvalue weighted by Crippen LogP contribution is -2.25. The second-order valence-corrected chi connectivity index (χ2v) is 20.3. The fourth-order valence-electron chi connectivity index (χ4n) is 12.6. The standard InChI is InChI=1S/C61H43NS/c1-59(2)49-20-10-5-15-39(49)44-28-25-36(31-54(44)59)62(37-26-29-45-40-16-6-11-21-50(40)60(3,4)55(45)32-37)38-27-30-46-48-34-56-47(35-58(48)63-57(46)33-38)43-19-9-14-24-53(43)61(56)51-22-12-7-17-41(51)42-18-8-13-23-52(42)61/h5-35H,1-4H3. The molecule has 10 aromatic rings. The molecule has 0 bridgehead atoms. The van der Waals surface area contributed by atoms with E-state index in [1.165, 1.54) is 126 Å². The summed E-state index contributed by atoms with van der Waals surface area (Å²) in [4.78, 5) is 2.51. The second-order valence-electron chi connectivity index (χ2n) is 19.2. The Morgan fingerprint density at radius 1 is 0.302 bits per heavy atom. The number of anilines is 3. The first kappa shape index (κ1) is 35.6. The van der Waals surface area contributed by atoms with Crippen molar-refractivity contribution >= 4 is 48.6 Å². The monoisotopic (exact) mass is 821 g/mol. The Balaban J connectivity index is 0.978. The maximum atomic E-state index is 2.56.